The Morgan fingerprint density at radius 1 is 1.19 bits per heavy atom. The van der Waals surface area contributed by atoms with Crippen molar-refractivity contribution < 1.29 is 27.5 Å². The van der Waals surface area contributed by atoms with E-state index in [0.29, 0.717) is 11.4 Å². The van der Waals surface area contributed by atoms with Crippen LogP contribution in [0.5, 0.6) is 5.75 Å². The Morgan fingerprint density at radius 2 is 1.85 bits per heavy atom. The number of esters is 1. The van der Waals surface area contributed by atoms with Gasteiger partial charge in [0.25, 0.3) is 5.91 Å². The molecule has 0 aromatic heterocycles. The molecule has 0 aliphatic carbocycles. The van der Waals surface area contributed by atoms with Crippen LogP contribution in [0.15, 0.2) is 47.4 Å². The molecule has 1 atom stereocenters. The van der Waals surface area contributed by atoms with Gasteiger partial charge in [-0.25, -0.2) is 18.4 Å². The van der Waals surface area contributed by atoms with Crippen molar-refractivity contribution >= 4 is 39.2 Å². The van der Waals surface area contributed by atoms with Crippen LogP contribution >= 0.6 is 11.6 Å². The molecular formula is C17H17ClN2O6S. The van der Waals surface area contributed by atoms with Gasteiger partial charge in [-0.05, 0) is 37.3 Å². The molecule has 3 N–H and O–H groups in total. The lowest BCUT2D eigenvalue weighted by Gasteiger charge is -2.15. The zero-order chi connectivity index (χ0) is 20.2. The molecule has 0 aliphatic rings. The Hall–Kier alpha value is -2.62. The number of ether oxygens (including phenoxy) is 2. The second-order valence-corrected chi connectivity index (χ2v) is 7.36. The minimum absolute atomic E-state index is 0.111. The molecule has 0 unspecified atom stereocenters. The molecule has 2 aromatic carbocycles. The number of anilines is 1. The predicted molar refractivity (Wildman–Crippen MR) is 99.3 cm³/mol. The van der Waals surface area contributed by atoms with Crippen molar-refractivity contribution in [2.75, 3.05) is 12.4 Å². The molecule has 144 valence electrons. The third-order valence-electron chi connectivity index (χ3n) is 3.49. The lowest BCUT2D eigenvalue weighted by molar-refractivity contribution is -0.123. The van der Waals surface area contributed by atoms with E-state index in [0.717, 1.165) is 6.07 Å². The van der Waals surface area contributed by atoms with Crippen molar-refractivity contribution in [3.8, 4) is 5.75 Å². The number of nitrogens with one attached hydrogen (secondary N) is 1. The lowest BCUT2D eigenvalue weighted by atomic mass is 10.2. The van der Waals surface area contributed by atoms with Crippen LogP contribution < -0.4 is 15.2 Å². The van der Waals surface area contributed by atoms with Crippen molar-refractivity contribution in [1.29, 1.82) is 0 Å². The van der Waals surface area contributed by atoms with E-state index in [1.165, 1.54) is 26.2 Å². The fourth-order valence-electron chi connectivity index (χ4n) is 2.11. The van der Waals surface area contributed by atoms with Crippen LogP contribution in [0.4, 0.5) is 5.69 Å². The molecule has 8 nitrogen and oxygen atoms in total. The lowest BCUT2D eigenvalue weighted by Crippen LogP contribution is -2.30. The summed E-state index contributed by atoms with van der Waals surface area (Å²) >= 11 is 5.77. The van der Waals surface area contributed by atoms with Crippen molar-refractivity contribution in [2.24, 2.45) is 5.14 Å². The third-order valence-corrected chi connectivity index (χ3v) is 4.88. The van der Waals surface area contributed by atoms with Gasteiger partial charge in [0.05, 0.1) is 23.4 Å². The van der Waals surface area contributed by atoms with Crippen LogP contribution in [-0.4, -0.2) is 33.5 Å². The molecule has 2 aromatic rings. The van der Waals surface area contributed by atoms with Crippen molar-refractivity contribution in [3.63, 3.8) is 0 Å². The van der Waals surface area contributed by atoms with Gasteiger partial charge < -0.3 is 14.8 Å². The van der Waals surface area contributed by atoms with Gasteiger partial charge >= 0.3 is 5.97 Å². The summed E-state index contributed by atoms with van der Waals surface area (Å²) in [5, 5.41) is 7.51. The molecule has 0 saturated heterocycles. The minimum Gasteiger partial charge on any atom is -0.495 e. The van der Waals surface area contributed by atoms with Crippen LogP contribution in [0.1, 0.15) is 17.3 Å². The summed E-state index contributed by atoms with van der Waals surface area (Å²) in [4.78, 5) is 24.1. The number of para-hydroxylation sites is 2. The summed E-state index contributed by atoms with van der Waals surface area (Å²) in [7, 11) is -2.66. The number of hydrogen-bond donors (Lipinski definition) is 2. The Balaban J connectivity index is 2.12. The molecule has 0 saturated carbocycles. The number of sulfonamides is 1. The van der Waals surface area contributed by atoms with Crippen LogP contribution in [0, 0.1) is 0 Å². The molecule has 0 fully saturated rings. The van der Waals surface area contributed by atoms with Crippen molar-refractivity contribution in [1.82, 2.24) is 0 Å². The number of hydrogen-bond acceptors (Lipinski definition) is 6. The smallest absolute Gasteiger partial charge is 0.338 e. The molecule has 1 amide bonds. The summed E-state index contributed by atoms with van der Waals surface area (Å²) in [6.45, 7) is 1.37. The number of carbonyl (C=O) groups is 2. The van der Waals surface area contributed by atoms with Gasteiger partial charge in [0.15, 0.2) is 6.10 Å². The van der Waals surface area contributed by atoms with Gasteiger partial charge in [-0.15, -0.1) is 0 Å². The van der Waals surface area contributed by atoms with Crippen LogP contribution in [0.3, 0.4) is 0 Å². The van der Waals surface area contributed by atoms with Gasteiger partial charge in [-0.2, -0.15) is 0 Å². The second kappa shape index (κ2) is 8.38. The number of amides is 1. The first-order valence-electron chi connectivity index (χ1n) is 7.60. The quantitative estimate of drug-likeness (QED) is 0.700. The molecule has 2 rings (SSSR count). The minimum atomic E-state index is -4.12. The number of rotatable bonds is 6. The molecular weight excluding hydrogens is 396 g/mol. The monoisotopic (exact) mass is 412 g/mol. The maximum Gasteiger partial charge on any atom is 0.338 e. The van der Waals surface area contributed by atoms with E-state index < -0.39 is 32.9 Å². The number of halogens is 1. The highest BCUT2D eigenvalue weighted by Gasteiger charge is 2.22. The number of nitrogens with two attached hydrogens (primary N) is 1. The first-order valence-corrected chi connectivity index (χ1v) is 9.53. The maximum absolute atomic E-state index is 12.2. The van der Waals surface area contributed by atoms with Gasteiger partial charge in [-0.1, -0.05) is 23.7 Å². The first kappa shape index (κ1) is 20.7. The van der Waals surface area contributed by atoms with Gasteiger partial charge in [-0.3, -0.25) is 4.79 Å². The van der Waals surface area contributed by atoms with Crippen molar-refractivity contribution in [3.05, 3.63) is 53.1 Å². The largest absolute Gasteiger partial charge is 0.495 e. The molecule has 27 heavy (non-hydrogen) atoms. The van der Waals surface area contributed by atoms with Gasteiger partial charge in [0.1, 0.15) is 10.6 Å². The summed E-state index contributed by atoms with van der Waals surface area (Å²) in [5.41, 5.74) is 0.302. The van der Waals surface area contributed by atoms with E-state index in [1.54, 1.807) is 24.3 Å². The maximum atomic E-state index is 12.2. The summed E-state index contributed by atoms with van der Waals surface area (Å²) in [5.74, 6) is -1.05. The third kappa shape index (κ3) is 5.19. The predicted octanol–water partition coefficient (Wildman–Crippen LogP) is 2.18. The van der Waals surface area contributed by atoms with E-state index in [4.69, 9.17) is 26.2 Å². The Labute approximate surface area is 161 Å². The van der Waals surface area contributed by atoms with Crippen LogP contribution in [0.2, 0.25) is 5.02 Å². The standard InChI is InChI=1S/C17H17ClN2O6S/c1-10(16(21)20-13-5-3-4-6-14(13)25-2)26-17(22)11-7-8-12(18)15(9-11)27(19,23)24/h3-10H,1-2H3,(H,20,21)(H2,19,23,24)/t10-/m0/s1. The topological polar surface area (TPSA) is 125 Å². The van der Waals surface area contributed by atoms with E-state index >= 15 is 0 Å². The van der Waals surface area contributed by atoms with Crippen molar-refractivity contribution in [2.45, 2.75) is 17.9 Å². The molecule has 0 spiro atoms. The van der Waals surface area contributed by atoms with E-state index in [1.807, 2.05) is 0 Å². The van der Waals surface area contributed by atoms with Gasteiger partial charge in [0.2, 0.25) is 10.0 Å². The van der Waals surface area contributed by atoms with E-state index in [-0.39, 0.29) is 10.6 Å². The normalized spacial score (nSPS) is 12.1. The molecule has 0 radical (unpaired) electrons. The highest BCUT2D eigenvalue weighted by atomic mass is 35.5. The molecule has 0 heterocycles. The summed E-state index contributed by atoms with van der Waals surface area (Å²) in [6, 6.07) is 10.2. The van der Waals surface area contributed by atoms with E-state index in [9.17, 15) is 18.0 Å². The highest BCUT2D eigenvalue weighted by molar-refractivity contribution is 7.89. The highest BCUT2D eigenvalue weighted by Crippen LogP contribution is 2.24. The number of carbonyl (C=O) groups excluding carboxylic acids is 2. The Morgan fingerprint density at radius 3 is 2.48 bits per heavy atom. The van der Waals surface area contributed by atoms with Crippen LogP contribution in [0.25, 0.3) is 0 Å². The average Bonchev–Trinajstić information content (AvgIpc) is 2.61. The second-order valence-electron chi connectivity index (χ2n) is 5.43. The number of methoxy groups -OCH3 is 1. The Bertz CT molecular complexity index is 977. The zero-order valence-corrected chi connectivity index (χ0v) is 16.0. The van der Waals surface area contributed by atoms with E-state index in [2.05, 4.69) is 5.32 Å². The molecule has 0 bridgehead atoms. The fourth-order valence-corrected chi connectivity index (χ4v) is 3.18. The number of primary sulfonamides is 1. The first-order chi connectivity index (χ1) is 12.6. The molecule has 10 heteroatoms. The van der Waals surface area contributed by atoms with Crippen LogP contribution in [-0.2, 0) is 19.6 Å². The average molecular weight is 413 g/mol. The molecule has 0 aliphatic heterocycles. The number of benzene rings is 2. The fraction of sp³-hybridized carbons (Fsp3) is 0.176. The summed E-state index contributed by atoms with van der Waals surface area (Å²) in [6.07, 6.45) is -1.16. The zero-order valence-electron chi connectivity index (χ0n) is 14.4. The van der Waals surface area contributed by atoms with Gasteiger partial charge in [0, 0.05) is 0 Å². The SMILES string of the molecule is COc1ccccc1NC(=O)[C@H](C)OC(=O)c1ccc(Cl)c(S(N)(=O)=O)c1. The Kier molecular flexibility index (Phi) is 6.42. The summed E-state index contributed by atoms with van der Waals surface area (Å²) < 4.78 is 33.2.